The summed E-state index contributed by atoms with van der Waals surface area (Å²) in [6.45, 7) is -0.420. The van der Waals surface area contributed by atoms with Crippen molar-refractivity contribution in [2.45, 2.75) is 42.7 Å². The van der Waals surface area contributed by atoms with Gasteiger partial charge >= 0.3 is 5.97 Å². The zero-order chi connectivity index (χ0) is 35.8. The predicted molar refractivity (Wildman–Crippen MR) is 194 cm³/mol. The second kappa shape index (κ2) is 13.9. The van der Waals surface area contributed by atoms with E-state index in [4.69, 9.17) is 9.47 Å². The molecule has 2 fully saturated rings. The van der Waals surface area contributed by atoms with E-state index in [-0.39, 0.29) is 19.6 Å². The van der Waals surface area contributed by atoms with Crippen molar-refractivity contribution in [1.82, 2.24) is 10.2 Å². The lowest BCUT2D eigenvalue weighted by molar-refractivity contribution is -0.146. The molecule has 4 heterocycles. The van der Waals surface area contributed by atoms with Gasteiger partial charge in [0.05, 0.1) is 36.6 Å². The van der Waals surface area contributed by atoms with Crippen LogP contribution >= 0.6 is 0 Å². The maximum atomic E-state index is 15.4. The average Bonchev–Trinajstić information content (AvgIpc) is 3.82. The third-order valence-corrected chi connectivity index (χ3v) is 10.8. The van der Waals surface area contributed by atoms with E-state index in [1.807, 2.05) is 115 Å². The number of nitrogens with zero attached hydrogens (tertiary/aromatic N) is 2. The summed E-state index contributed by atoms with van der Waals surface area (Å²) in [5.74, 6) is -3.78. The van der Waals surface area contributed by atoms with Crippen LogP contribution in [-0.2, 0) is 28.7 Å². The summed E-state index contributed by atoms with van der Waals surface area (Å²) < 4.78 is 12.3. The van der Waals surface area contributed by atoms with Gasteiger partial charge in [0.2, 0.25) is 11.8 Å². The van der Waals surface area contributed by atoms with Crippen molar-refractivity contribution in [2.24, 2.45) is 11.8 Å². The average molecular weight is 698 g/mol. The van der Waals surface area contributed by atoms with Gasteiger partial charge in [-0.05, 0) is 40.5 Å². The number of anilines is 1. The number of rotatable bonds is 5. The molecule has 0 unspecified atom stereocenters. The summed E-state index contributed by atoms with van der Waals surface area (Å²) >= 11 is 0. The van der Waals surface area contributed by atoms with Gasteiger partial charge in [-0.15, -0.1) is 0 Å². The number of ether oxygens (including phenoxy) is 2. The minimum atomic E-state index is -1.48. The number of aliphatic hydroxyl groups is 1. The van der Waals surface area contributed by atoms with Gasteiger partial charge in [-0.3, -0.25) is 19.2 Å². The van der Waals surface area contributed by atoms with Gasteiger partial charge in [0.1, 0.15) is 18.2 Å². The van der Waals surface area contributed by atoms with Gasteiger partial charge in [0.25, 0.3) is 5.91 Å². The predicted octanol–water partition coefficient (Wildman–Crippen LogP) is 4.81. The highest BCUT2D eigenvalue weighted by molar-refractivity contribution is 6.06. The fourth-order valence-electron chi connectivity index (χ4n) is 8.29. The van der Waals surface area contributed by atoms with E-state index in [9.17, 15) is 19.5 Å². The van der Waals surface area contributed by atoms with Crippen molar-refractivity contribution in [3.63, 3.8) is 0 Å². The number of cyclic esters (lactones) is 1. The van der Waals surface area contributed by atoms with Crippen LogP contribution in [0.1, 0.15) is 36.1 Å². The van der Waals surface area contributed by atoms with Crippen molar-refractivity contribution in [2.75, 3.05) is 24.7 Å². The zero-order valence-corrected chi connectivity index (χ0v) is 28.4. The largest absolute Gasteiger partial charge is 0.463 e. The molecule has 8 rings (SSSR count). The van der Waals surface area contributed by atoms with Crippen LogP contribution in [0.4, 0.5) is 5.69 Å². The lowest BCUT2D eigenvalue weighted by atomic mass is 9.74. The van der Waals surface area contributed by atoms with Crippen LogP contribution < -0.4 is 10.2 Å². The molecule has 264 valence electrons. The highest BCUT2D eigenvalue weighted by Gasteiger charge is 2.74. The van der Waals surface area contributed by atoms with E-state index >= 15 is 4.79 Å². The Kier molecular flexibility index (Phi) is 8.94. The third kappa shape index (κ3) is 5.78. The van der Waals surface area contributed by atoms with Crippen LogP contribution in [0.15, 0.2) is 127 Å². The van der Waals surface area contributed by atoms with Gasteiger partial charge in [0.15, 0.2) is 0 Å². The normalized spacial score (nSPS) is 28.8. The van der Waals surface area contributed by atoms with Gasteiger partial charge in [-0.1, -0.05) is 115 Å². The second-order valence-corrected chi connectivity index (χ2v) is 13.7. The van der Waals surface area contributed by atoms with Crippen LogP contribution in [-0.4, -0.2) is 71.2 Å². The van der Waals surface area contributed by atoms with E-state index in [0.29, 0.717) is 17.7 Å². The number of hydrogen-bond donors (Lipinski definition) is 2. The van der Waals surface area contributed by atoms with E-state index in [2.05, 4.69) is 5.32 Å². The molecule has 4 aliphatic heterocycles. The standard InChI is InChI=1S/C42H39N3O7/c46-25-33(29-15-6-2-7-16-29)45-38-41(50)44(31-20-19-27-12-9-10-17-30(27)24-31)23-11-3-8-18-35(47)51-26-32(28-13-4-1-5-14-28)43-39(48)36-34-21-22-42(38,52-34)37(36)40(45)49/h1-7,9-17,19-22,24,32-34,36-38,46H,8,18,23,25-26H2,(H,43,48)/b11-3-/t32-,33+,34-,36+,37+,38-,42+/m0/s1. The molecule has 3 amide bonds. The summed E-state index contributed by atoms with van der Waals surface area (Å²) in [5, 5.41) is 15.9. The Morgan fingerprint density at radius 3 is 2.35 bits per heavy atom. The summed E-state index contributed by atoms with van der Waals surface area (Å²) in [7, 11) is 0. The molecule has 2 saturated heterocycles. The Morgan fingerprint density at radius 1 is 0.846 bits per heavy atom. The first-order valence-electron chi connectivity index (χ1n) is 17.7. The highest BCUT2D eigenvalue weighted by atomic mass is 16.5. The monoisotopic (exact) mass is 697 g/mol. The SMILES string of the molecule is O=C1CC/C=C\CN(c2ccc3ccccc3c2)C(=O)[C@@H]2N([C@H](CO)c3ccccc3)C(=O)[C@H]3[C@H](C(=O)N[C@H](c4ccccc4)CO1)[C@@H]1C=C[C@]23O1. The van der Waals surface area contributed by atoms with Crippen LogP contribution in [0, 0.1) is 11.8 Å². The molecule has 4 aromatic carbocycles. The maximum absolute atomic E-state index is 15.4. The molecule has 10 heteroatoms. The topological polar surface area (TPSA) is 125 Å². The van der Waals surface area contributed by atoms with Crippen LogP contribution in [0.5, 0.6) is 0 Å². The van der Waals surface area contributed by atoms with Gasteiger partial charge < -0.3 is 29.7 Å². The number of carbonyl (C=O) groups is 4. The molecule has 2 N–H and O–H groups in total. The molecule has 4 aromatic rings. The van der Waals surface area contributed by atoms with Crippen molar-refractivity contribution < 1.29 is 33.8 Å². The molecule has 0 radical (unpaired) electrons. The quantitative estimate of drug-likeness (QED) is 0.227. The summed E-state index contributed by atoms with van der Waals surface area (Å²) in [4.78, 5) is 60.7. The number of hydrogen-bond acceptors (Lipinski definition) is 7. The lowest BCUT2D eigenvalue weighted by Gasteiger charge is -2.39. The number of likely N-dealkylation sites (tertiary alicyclic amines) is 1. The lowest BCUT2D eigenvalue weighted by Crippen LogP contribution is -2.57. The number of carbonyl (C=O) groups excluding carboxylic acids is 4. The number of fused-ring (bicyclic) bond motifs is 3. The first kappa shape index (κ1) is 33.6. The third-order valence-electron chi connectivity index (χ3n) is 10.8. The molecule has 0 aliphatic carbocycles. The van der Waals surface area contributed by atoms with Crippen LogP contribution in [0.3, 0.4) is 0 Å². The Balaban J connectivity index is 1.26. The molecule has 0 saturated carbocycles. The highest BCUT2D eigenvalue weighted by Crippen LogP contribution is 2.57. The molecule has 10 nitrogen and oxygen atoms in total. The fourth-order valence-corrected chi connectivity index (χ4v) is 8.29. The van der Waals surface area contributed by atoms with E-state index in [1.165, 1.54) is 4.90 Å². The number of esters is 1. The zero-order valence-electron chi connectivity index (χ0n) is 28.4. The van der Waals surface area contributed by atoms with E-state index < -0.39 is 72.0 Å². The van der Waals surface area contributed by atoms with Crippen molar-refractivity contribution in [3.8, 4) is 0 Å². The molecule has 7 atom stereocenters. The minimum absolute atomic E-state index is 0.0975. The minimum Gasteiger partial charge on any atom is -0.463 e. The van der Waals surface area contributed by atoms with Gasteiger partial charge in [-0.25, -0.2) is 0 Å². The van der Waals surface area contributed by atoms with Crippen molar-refractivity contribution >= 4 is 40.2 Å². The molecular weight excluding hydrogens is 658 g/mol. The molecule has 5 bridgehead atoms. The fraction of sp³-hybridized carbons (Fsp3) is 0.286. The number of amides is 3. The second-order valence-electron chi connectivity index (χ2n) is 13.7. The Bertz CT molecular complexity index is 2070. The number of benzene rings is 4. The molecule has 1 spiro atoms. The summed E-state index contributed by atoms with van der Waals surface area (Å²) in [6.07, 6.45) is 6.91. The number of aliphatic hydroxyl groups excluding tert-OH is 1. The Hall–Kier alpha value is -5.58. The van der Waals surface area contributed by atoms with Gasteiger partial charge in [-0.2, -0.15) is 0 Å². The van der Waals surface area contributed by atoms with E-state index in [1.54, 1.807) is 17.1 Å². The van der Waals surface area contributed by atoms with Gasteiger partial charge in [0, 0.05) is 18.7 Å². The maximum Gasteiger partial charge on any atom is 0.306 e. The van der Waals surface area contributed by atoms with Crippen molar-refractivity contribution in [3.05, 3.63) is 139 Å². The van der Waals surface area contributed by atoms with Crippen LogP contribution in [0.2, 0.25) is 0 Å². The summed E-state index contributed by atoms with van der Waals surface area (Å²) in [5.41, 5.74) is 0.510. The molecular formula is C42H39N3O7. The first-order chi connectivity index (χ1) is 25.4. The Morgan fingerprint density at radius 2 is 1.58 bits per heavy atom. The van der Waals surface area contributed by atoms with E-state index in [0.717, 1.165) is 16.3 Å². The molecule has 4 aliphatic rings. The molecule has 52 heavy (non-hydrogen) atoms. The van der Waals surface area contributed by atoms with Crippen LogP contribution in [0.25, 0.3) is 10.8 Å². The smallest absolute Gasteiger partial charge is 0.306 e. The number of nitrogens with one attached hydrogen (secondary N) is 1. The molecule has 0 aromatic heterocycles. The summed E-state index contributed by atoms with van der Waals surface area (Å²) in [6, 6.07) is 29.1. The first-order valence-corrected chi connectivity index (χ1v) is 17.7. The van der Waals surface area contributed by atoms with Crippen molar-refractivity contribution in [1.29, 1.82) is 0 Å². The number of allylic oxidation sites excluding steroid dienone is 1. The Labute approximate surface area is 301 Å².